The molecule has 2 N–H and O–H groups in total. The SMILES string of the molecule is CCNC(=O)C(C)N(CC)CC1CCCN1. The molecule has 2 unspecified atom stereocenters. The number of hydrogen-bond acceptors (Lipinski definition) is 3. The molecule has 0 spiro atoms. The van der Waals surface area contributed by atoms with Gasteiger partial charge in [-0.1, -0.05) is 6.92 Å². The summed E-state index contributed by atoms with van der Waals surface area (Å²) >= 11 is 0. The van der Waals surface area contributed by atoms with Crippen molar-refractivity contribution in [3.05, 3.63) is 0 Å². The van der Waals surface area contributed by atoms with E-state index >= 15 is 0 Å². The molecule has 4 heteroatoms. The molecule has 0 radical (unpaired) electrons. The molecule has 1 rings (SSSR count). The molecule has 0 saturated carbocycles. The Morgan fingerprint density at radius 2 is 2.31 bits per heavy atom. The molecular weight excluding hydrogens is 202 g/mol. The van der Waals surface area contributed by atoms with E-state index in [9.17, 15) is 4.79 Å². The molecule has 0 aromatic rings. The van der Waals surface area contributed by atoms with Crippen LogP contribution in [0.5, 0.6) is 0 Å². The van der Waals surface area contributed by atoms with Crippen molar-refractivity contribution in [1.29, 1.82) is 0 Å². The molecule has 0 aromatic carbocycles. The molecule has 94 valence electrons. The Hall–Kier alpha value is -0.610. The highest BCUT2D eigenvalue weighted by Gasteiger charge is 2.23. The lowest BCUT2D eigenvalue weighted by molar-refractivity contribution is -0.125. The summed E-state index contributed by atoms with van der Waals surface area (Å²) in [6, 6.07) is 0.546. The molecule has 16 heavy (non-hydrogen) atoms. The second-order valence-electron chi connectivity index (χ2n) is 4.45. The quantitative estimate of drug-likeness (QED) is 0.698. The van der Waals surface area contributed by atoms with Gasteiger partial charge in [0.05, 0.1) is 6.04 Å². The highest BCUT2D eigenvalue weighted by molar-refractivity contribution is 5.81. The summed E-state index contributed by atoms with van der Waals surface area (Å²) in [5, 5.41) is 6.36. The molecule has 2 atom stereocenters. The van der Waals surface area contributed by atoms with E-state index in [1.54, 1.807) is 0 Å². The normalized spacial score (nSPS) is 22.4. The Morgan fingerprint density at radius 1 is 1.56 bits per heavy atom. The first-order valence-corrected chi connectivity index (χ1v) is 6.44. The molecule has 0 aromatic heterocycles. The second kappa shape index (κ2) is 6.86. The third kappa shape index (κ3) is 3.76. The average Bonchev–Trinajstić information content (AvgIpc) is 2.78. The van der Waals surface area contributed by atoms with Gasteiger partial charge in [0, 0.05) is 19.1 Å². The van der Waals surface area contributed by atoms with Crippen molar-refractivity contribution >= 4 is 5.91 Å². The lowest BCUT2D eigenvalue weighted by atomic mass is 10.1. The Morgan fingerprint density at radius 3 is 2.81 bits per heavy atom. The average molecular weight is 227 g/mol. The summed E-state index contributed by atoms with van der Waals surface area (Å²) in [6.45, 7) is 9.80. The van der Waals surface area contributed by atoms with E-state index in [1.165, 1.54) is 12.8 Å². The molecular formula is C12H25N3O. The molecule has 1 aliphatic heterocycles. The highest BCUT2D eigenvalue weighted by atomic mass is 16.2. The first-order chi connectivity index (χ1) is 7.69. The van der Waals surface area contributed by atoms with E-state index < -0.39 is 0 Å². The standard InChI is InChI=1S/C12H25N3O/c1-4-13-12(16)10(3)15(5-2)9-11-7-6-8-14-11/h10-11,14H,4-9H2,1-3H3,(H,13,16). The third-order valence-corrected chi connectivity index (χ3v) is 3.30. The van der Waals surface area contributed by atoms with Crippen LogP contribution in [0.15, 0.2) is 0 Å². The van der Waals surface area contributed by atoms with Gasteiger partial charge in [0.1, 0.15) is 0 Å². The third-order valence-electron chi connectivity index (χ3n) is 3.30. The Bertz CT molecular complexity index is 214. The van der Waals surface area contributed by atoms with Crippen LogP contribution in [0.1, 0.15) is 33.6 Å². The van der Waals surface area contributed by atoms with Crippen molar-refractivity contribution < 1.29 is 4.79 Å². The molecule has 1 fully saturated rings. The van der Waals surface area contributed by atoms with Crippen LogP contribution in [0.4, 0.5) is 0 Å². The van der Waals surface area contributed by atoms with Crippen molar-refractivity contribution in [3.63, 3.8) is 0 Å². The summed E-state index contributed by atoms with van der Waals surface area (Å²) in [5.41, 5.74) is 0. The number of likely N-dealkylation sites (N-methyl/N-ethyl adjacent to an activating group) is 2. The Labute approximate surface area is 98.8 Å². The van der Waals surface area contributed by atoms with Crippen molar-refractivity contribution in [1.82, 2.24) is 15.5 Å². The van der Waals surface area contributed by atoms with Crippen LogP contribution in [0.3, 0.4) is 0 Å². The van der Waals surface area contributed by atoms with E-state index in [4.69, 9.17) is 0 Å². The predicted molar refractivity (Wildman–Crippen MR) is 66.4 cm³/mol. The number of nitrogens with zero attached hydrogens (tertiary/aromatic N) is 1. The fourth-order valence-corrected chi connectivity index (χ4v) is 2.24. The van der Waals surface area contributed by atoms with Crippen molar-refractivity contribution in [2.45, 2.75) is 45.7 Å². The molecule has 4 nitrogen and oxygen atoms in total. The van der Waals surface area contributed by atoms with Gasteiger partial charge in [-0.15, -0.1) is 0 Å². The second-order valence-corrected chi connectivity index (χ2v) is 4.45. The summed E-state index contributed by atoms with van der Waals surface area (Å²) in [5.74, 6) is 0.141. The summed E-state index contributed by atoms with van der Waals surface area (Å²) in [7, 11) is 0. The lowest BCUT2D eigenvalue weighted by Gasteiger charge is -2.29. The lowest BCUT2D eigenvalue weighted by Crippen LogP contribution is -2.49. The number of nitrogens with one attached hydrogen (secondary N) is 2. The van der Waals surface area contributed by atoms with Crippen LogP contribution in [0.2, 0.25) is 0 Å². The number of rotatable bonds is 6. The number of amides is 1. The number of hydrogen-bond donors (Lipinski definition) is 2. The van der Waals surface area contributed by atoms with Gasteiger partial charge in [-0.3, -0.25) is 9.69 Å². The molecule has 1 aliphatic rings. The minimum absolute atomic E-state index is 0.0210. The molecule has 0 aliphatic carbocycles. The van der Waals surface area contributed by atoms with Crippen LogP contribution in [-0.4, -0.2) is 49.1 Å². The summed E-state index contributed by atoms with van der Waals surface area (Å²) < 4.78 is 0. The first kappa shape index (κ1) is 13.5. The maximum atomic E-state index is 11.7. The van der Waals surface area contributed by atoms with Crippen LogP contribution in [0, 0.1) is 0 Å². The van der Waals surface area contributed by atoms with Gasteiger partial charge >= 0.3 is 0 Å². The fraction of sp³-hybridized carbons (Fsp3) is 0.917. The topological polar surface area (TPSA) is 44.4 Å². The maximum Gasteiger partial charge on any atom is 0.237 e. The van der Waals surface area contributed by atoms with E-state index in [0.29, 0.717) is 12.6 Å². The smallest absolute Gasteiger partial charge is 0.237 e. The summed E-state index contributed by atoms with van der Waals surface area (Å²) in [4.78, 5) is 14.0. The molecule has 1 saturated heterocycles. The van der Waals surface area contributed by atoms with Gasteiger partial charge in [-0.25, -0.2) is 0 Å². The zero-order valence-electron chi connectivity index (χ0n) is 10.8. The van der Waals surface area contributed by atoms with Gasteiger partial charge in [0.25, 0.3) is 0 Å². The largest absolute Gasteiger partial charge is 0.355 e. The molecule has 1 amide bonds. The van der Waals surface area contributed by atoms with Gasteiger partial charge in [-0.05, 0) is 39.8 Å². The zero-order valence-corrected chi connectivity index (χ0v) is 10.8. The van der Waals surface area contributed by atoms with Crippen LogP contribution < -0.4 is 10.6 Å². The van der Waals surface area contributed by atoms with E-state index in [2.05, 4.69) is 22.5 Å². The van der Waals surface area contributed by atoms with Crippen LogP contribution in [-0.2, 0) is 4.79 Å². The van der Waals surface area contributed by atoms with Gasteiger partial charge in [0.2, 0.25) is 5.91 Å². The van der Waals surface area contributed by atoms with E-state index in [1.807, 2.05) is 13.8 Å². The van der Waals surface area contributed by atoms with Crippen molar-refractivity contribution in [2.75, 3.05) is 26.2 Å². The first-order valence-electron chi connectivity index (χ1n) is 6.44. The predicted octanol–water partition coefficient (Wildman–Crippen LogP) is 0.585. The minimum Gasteiger partial charge on any atom is -0.355 e. The van der Waals surface area contributed by atoms with Gasteiger partial charge < -0.3 is 10.6 Å². The number of carbonyl (C=O) groups is 1. The van der Waals surface area contributed by atoms with Crippen molar-refractivity contribution in [3.8, 4) is 0 Å². The maximum absolute atomic E-state index is 11.7. The number of carbonyl (C=O) groups excluding carboxylic acids is 1. The van der Waals surface area contributed by atoms with Crippen molar-refractivity contribution in [2.24, 2.45) is 0 Å². The van der Waals surface area contributed by atoms with E-state index in [-0.39, 0.29) is 11.9 Å². The zero-order chi connectivity index (χ0) is 12.0. The monoisotopic (exact) mass is 227 g/mol. The molecule has 1 heterocycles. The van der Waals surface area contributed by atoms with Crippen LogP contribution >= 0.6 is 0 Å². The Kier molecular flexibility index (Phi) is 5.77. The highest BCUT2D eigenvalue weighted by Crippen LogP contribution is 2.09. The summed E-state index contributed by atoms with van der Waals surface area (Å²) in [6.07, 6.45) is 2.50. The Balaban J connectivity index is 2.41. The molecule has 0 bridgehead atoms. The van der Waals surface area contributed by atoms with Gasteiger partial charge in [0.15, 0.2) is 0 Å². The fourth-order valence-electron chi connectivity index (χ4n) is 2.24. The van der Waals surface area contributed by atoms with Gasteiger partial charge in [-0.2, -0.15) is 0 Å². The van der Waals surface area contributed by atoms with E-state index in [0.717, 1.165) is 19.6 Å². The van der Waals surface area contributed by atoms with Crippen LogP contribution in [0.25, 0.3) is 0 Å². The minimum atomic E-state index is -0.0210.